The van der Waals surface area contributed by atoms with E-state index in [2.05, 4.69) is 0 Å². The molecule has 1 nitrogen and oxygen atoms in total. The zero-order valence-corrected chi connectivity index (χ0v) is 8.90. The van der Waals surface area contributed by atoms with Crippen molar-refractivity contribution in [3.63, 3.8) is 0 Å². The minimum absolute atomic E-state index is 0.519. The number of alkyl halides is 3. The molecule has 0 heterocycles. The van der Waals surface area contributed by atoms with E-state index in [9.17, 15) is 18.3 Å². The first-order valence-corrected chi connectivity index (χ1v) is 5.34. The maximum absolute atomic E-state index is 11.9. The van der Waals surface area contributed by atoms with Crippen molar-refractivity contribution in [1.82, 2.24) is 0 Å². The van der Waals surface area contributed by atoms with Gasteiger partial charge < -0.3 is 5.11 Å². The summed E-state index contributed by atoms with van der Waals surface area (Å²) in [6.07, 6.45) is -4.82. The van der Waals surface area contributed by atoms with Gasteiger partial charge in [0.2, 0.25) is 0 Å². The molecule has 1 N–H and O–H groups in total. The first kappa shape index (κ1) is 12.4. The van der Waals surface area contributed by atoms with Crippen LogP contribution >= 0.6 is 11.8 Å². The third-order valence-corrected chi connectivity index (χ3v) is 2.80. The molecule has 0 aliphatic heterocycles. The predicted octanol–water partition coefficient (Wildman–Crippen LogP) is 3.39. The molecule has 0 bridgehead atoms. The summed E-state index contributed by atoms with van der Waals surface area (Å²) in [5.41, 5.74) is 0.627. The lowest BCUT2D eigenvalue weighted by atomic mass is 10.1. The highest BCUT2D eigenvalue weighted by atomic mass is 32.2. The van der Waals surface area contributed by atoms with Crippen LogP contribution in [0.3, 0.4) is 0 Å². The Balaban J connectivity index is 2.66. The highest BCUT2D eigenvalue weighted by Gasteiger charge is 2.27. The Hall–Kier alpha value is -0.680. The number of hydrogen-bond acceptors (Lipinski definition) is 2. The quantitative estimate of drug-likeness (QED) is 0.812. The summed E-state index contributed by atoms with van der Waals surface area (Å²) in [6, 6.07) is 6.49. The van der Waals surface area contributed by atoms with Gasteiger partial charge in [-0.3, -0.25) is 0 Å². The third-order valence-electron chi connectivity index (χ3n) is 1.74. The van der Waals surface area contributed by atoms with Gasteiger partial charge in [0, 0.05) is 4.90 Å². The van der Waals surface area contributed by atoms with Crippen LogP contribution in [0.5, 0.6) is 0 Å². The molecule has 0 aromatic heterocycles. The monoisotopic (exact) mass is 236 g/mol. The van der Waals surface area contributed by atoms with E-state index in [0.717, 1.165) is 11.8 Å². The van der Waals surface area contributed by atoms with E-state index in [1.807, 2.05) is 0 Å². The summed E-state index contributed by atoms with van der Waals surface area (Å²) < 4.78 is 35.8. The van der Waals surface area contributed by atoms with Crippen LogP contribution in [0.1, 0.15) is 18.6 Å². The maximum Gasteiger partial charge on any atom is 0.398 e. The predicted molar refractivity (Wildman–Crippen MR) is 53.9 cm³/mol. The number of benzene rings is 1. The molecule has 1 unspecified atom stereocenters. The molecule has 84 valence electrons. The zero-order chi connectivity index (χ0) is 11.5. The molecule has 0 saturated carbocycles. The van der Waals surface area contributed by atoms with Crippen molar-refractivity contribution in [3.05, 3.63) is 29.8 Å². The molecule has 5 heteroatoms. The van der Waals surface area contributed by atoms with E-state index in [1.165, 1.54) is 0 Å². The van der Waals surface area contributed by atoms with Crippen molar-refractivity contribution in [2.24, 2.45) is 0 Å². The van der Waals surface area contributed by atoms with Crippen LogP contribution < -0.4 is 0 Å². The number of thioether (sulfide) groups is 1. The lowest BCUT2D eigenvalue weighted by Gasteiger charge is -2.08. The van der Waals surface area contributed by atoms with Gasteiger partial charge in [-0.25, -0.2) is 0 Å². The van der Waals surface area contributed by atoms with Gasteiger partial charge in [0.1, 0.15) is 0 Å². The molecular weight excluding hydrogens is 225 g/mol. The van der Waals surface area contributed by atoms with Crippen molar-refractivity contribution in [2.75, 3.05) is 5.75 Å². The van der Waals surface area contributed by atoms with E-state index in [1.54, 1.807) is 31.2 Å². The molecule has 1 rings (SSSR count). The van der Waals surface area contributed by atoms with Crippen molar-refractivity contribution >= 4 is 11.8 Å². The smallest absolute Gasteiger partial charge is 0.389 e. The Kier molecular flexibility index (Phi) is 4.04. The maximum atomic E-state index is 11.9. The van der Waals surface area contributed by atoms with E-state index in [4.69, 9.17) is 0 Å². The van der Waals surface area contributed by atoms with Gasteiger partial charge in [0.25, 0.3) is 0 Å². The van der Waals surface area contributed by atoms with Gasteiger partial charge in [-0.1, -0.05) is 12.1 Å². The fourth-order valence-electron chi connectivity index (χ4n) is 1.03. The van der Waals surface area contributed by atoms with Crippen LogP contribution in [0, 0.1) is 0 Å². The lowest BCUT2D eigenvalue weighted by molar-refractivity contribution is -0.105. The van der Waals surface area contributed by atoms with E-state index < -0.39 is 18.0 Å². The van der Waals surface area contributed by atoms with Crippen LogP contribution in [0.25, 0.3) is 0 Å². The summed E-state index contributed by atoms with van der Waals surface area (Å²) in [4.78, 5) is 0.519. The Bertz CT molecular complexity index is 323. The van der Waals surface area contributed by atoms with Crippen molar-refractivity contribution in [3.8, 4) is 0 Å². The molecule has 0 amide bonds. The van der Waals surface area contributed by atoms with Gasteiger partial charge >= 0.3 is 6.18 Å². The van der Waals surface area contributed by atoms with Crippen LogP contribution in [0.15, 0.2) is 29.2 Å². The fraction of sp³-hybridized carbons (Fsp3) is 0.400. The second kappa shape index (κ2) is 4.90. The molecule has 0 aliphatic carbocycles. The SMILES string of the molecule is CC(O)c1cccc(SCC(F)(F)F)c1. The molecule has 1 aromatic carbocycles. The molecule has 0 saturated heterocycles. The standard InChI is InChI=1S/C10H11F3OS/c1-7(14)8-3-2-4-9(5-8)15-6-10(11,12)13/h2-5,7,14H,6H2,1H3. The molecule has 0 aliphatic rings. The Morgan fingerprint density at radius 3 is 2.60 bits per heavy atom. The normalized spacial score (nSPS) is 13.9. The Labute approximate surface area is 90.3 Å². The first-order valence-electron chi connectivity index (χ1n) is 4.36. The summed E-state index contributed by atoms with van der Waals surface area (Å²) in [6.45, 7) is 1.58. The second-order valence-electron chi connectivity index (χ2n) is 3.15. The van der Waals surface area contributed by atoms with Crippen molar-refractivity contribution in [1.29, 1.82) is 0 Å². The molecule has 0 spiro atoms. The van der Waals surface area contributed by atoms with Gasteiger partial charge in [-0.05, 0) is 24.6 Å². The molecule has 1 aromatic rings. The molecule has 15 heavy (non-hydrogen) atoms. The largest absolute Gasteiger partial charge is 0.398 e. The first-order chi connectivity index (χ1) is 6.88. The third kappa shape index (κ3) is 4.57. The Morgan fingerprint density at radius 2 is 2.07 bits per heavy atom. The highest BCUT2D eigenvalue weighted by Crippen LogP contribution is 2.28. The fourth-order valence-corrected chi connectivity index (χ4v) is 1.75. The van der Waals surface area contributed by atoms with Gasteiger partial charge in [0.15, 0.2) is 0 Å². The average Bonchev–Trinajstić information content (AvgIpc) is 2.14. The van der Waals surface area contributed by atoms with Crippen LogP contribution in [0.2, 0.25) is 0 Å². The number of aliphatic hydroxyl groups is 1. The summed E-state index contributed by atoms with van der Waals surface area (Å²) in [5.74, 6) is -0.906. The van der Waals surface area contributed by atoms with Crippen LogP contribution in [-0.2, 0) is 0 Å². The molecular formula is C10H11F3OS. The number of hydrogen-bond donors (Lipinski definition) is 1. The van der Waals surface area contributed by atoms with E-state index in [0.29, 0.717) is 10.5 Å². The second-order valence-corrected chi connectivity index (χ2v) is 4.20. The number of rotatable bonds is 3. The molecule has 0 fully saturated rings. The number of halogens is 3. The van der Waals surface area contributed by atoms with Crippen LogP contribution in [-0.4, -0.2) is 17.0 Å². The van der Waals surface area contributed by atoms with Gasteiger partial charge in [-0.2, -0.15) is 13.2 Å². The van der Waals surface area contributed by atoms with E-state index in [-0.39, 0.29) is 0 Å². The molecule has 1 atom stereocenters. The van der Waals surface area contributed by atoms with Crippen molar-refractivity contribution < 1.29 is 18.3 Å². The summed E-state index contributed by atoms with van der Waals surface area (Å²) in [7, 11) is 0. The minimum Gasteiger partial charge on any atom is -0.389 e. The zero-order valence-electron chi connectivity index (χ0n) is 8.08. The average molecular weight is 236 g/mol. The summed E-state index contributed by atoms with van der Waals surface area (Å²) >= 11 is 0.723. The van der Waals surface area contributed by atoms with Gasteiger partial charge in [0.05, 0.1) is 11.9 Å². The van der Waals surface area contributed by atoms with E-state index >= 15 is 0 Å². The van der Waals surface area contributed by atoms with Crippen LogP contribution in [0.4, 0.5) is 13.2 Å². The van der Waals surface area contributed by atoms with Crippen molar-refractivity contribution in [2.45, 2.75) is 24.1 Å². The summed E-state index contributed by atoms with van der Waals surface area (Å²) in [5, 5.41) is 9.24. The number of aliphatic hydroxyl groups excluding tert-OH is 1. The minimum atomic E-state index is -4.16. The lowest BCUT2D eigenvalue weighted by Crippen LogP contribution is -2.10. The highest BCUT2D eigenvalue weighted by molar-refractivity contribution is 7.99. The topological polar surface area (TPSA) is 20.2 Å². The Morgan fingerprint density at radius 1 is 1.40 bits per heavy atom. The molecule has 0 radical (unpaired) electrons. The van der Waals surface area contributed by atoms with Gasteiger partial charge in [-0.15, -0.1) is 11.8 Å².